The summed E-state index contributed by atoms with van der Waals surface area (Å²) >= 11 is 0. The molecule has 34 heavy (non-hydrogen) atoms. The largest absolute Gasteiger partial charge is 0.481 e. The van der Waals surface area contributed by atoms with Gasteiger partial charge in [-0.2, -0.15) is 5.26 Å². The highest BCUT2D eigenvalue weighted by atomic mass is 19.3. The molecule has 0 aliphatic rings. The second-order valence-corrected chi connectivity index (χ2v) is 7.79. The third kappa shape index (κ3) is 7.24. The van der Waals surface area contributed by atoms with E-state index in [1.54, 1.807) is 17.0 Å². The summed E-state index contributed by atoms with van der Waals surface area (Å²) in [6.07, 6.45) is 6.52. The third-order valence-corrected chi connectivity index (χ3v) is 5.36. The number of nitrogens with zero attached hydrogens (tertiary/aromatic N) is 5. The van der Waals surface area contributed by atoms with Gasteiger partial charge in [-0.3, -0.25) is 4.79 Å². The monoisotopic (exact) mass is 471 g/mol. The minimum Gasteiger partial charge on any atom is -0.481 e. The number of pyridine rings is 2. The molecule has 9 heteroatoms. The number of anilines is 1. The van der Waals surface area contributed by atoms with Crippen LogP contribution >= 0.6 is 0 Å². The molecule has 2 heterocycles. The number of amides is 1. The van der Waals surface area contributed by atoms with Crippen molar-refractivity contribution in [2.24, 2.45) is 0 Å². The SMILES string of the molecule is CCC=CN(c1ccc(C#N)cn1)C(C)CN(CC)C(=O)CCC(F)(F)c1ccnc(OC)c1. The van der Waals surface area contributed by atoms with Crippen LogP contribution in [0.4, 0.5) is 14.6 Å². The summed E-state index contributed by atoms with van der Waals surface area (Å²) in [5.74, 6) is -2.79. The van der Waals surface area contributed by atoms with Gasteiger partial charge in [-0.15, -0.1) is 0 Å². The molecule has 2 aromatic rings. The van der Waals surface area contributed by atoms with Crippen LogP contribution in [0, 0.1) is 11.3 Å². The molecule has 0 bridgehead atoms. The Hall–Kier alpha value is -3.54. The Balaban J connectivity index is 2.08. The zero-order valence-electron chi connectivity index (χ0n) is 20.0. The first-order valence-corrected chi connectivity index (χ1v) is 11.2. The summed E-state index contributed by atoms with van der Waals surface area (Å²) in [5.41, 5.74) is 0.222. The minimum absolute atomic E-state index is 0.101. The molecule has 0 aromatic carbocycles. The first kappa shape index (κ1) is 26.7. The highest BCUT2D eigenvalue weighted by molar-refractivity contribution is 5.76. The van der Waals surface area contributed by atoms with Gasteiger partial charge in [0.25, 0.3) is 5.92 Å². The molecular weight excluding hydrogens is 440 g/mol. The van der Waals surface area contributed by atoms with E-state index in [1.807, 2.05) is 44.0 Å². The van der Waals surface area contributed by atoms with Gasteiger partial charge in [-0.25, -0.2) is 18.7 Å². The van der Waals surface area contributed by atoms with Crippen LogP contribution in [0.2, 0.25) is 0 Å². The standard InChI is InChI=1S/C25H31F2N5O2/c1-5-7-14-32(22-9-8-20(16-28)17-30-22)19(3)18-31(6-2)24(33)10-12-25(26,27)21-11-13-29-23(15-21)34-4/h7-9,11,13-15,17,19H,5-6,10,12,18H2,1-4H3. The summed E-state index contributed by atoms with van der Waals surface area (Å²) < 4.78 is 34.3. The van der Waals surface area contributed by atoms with Gasteiger partial charge in [0.1, 0.15) is 11.9 Å². The van der Waals surface area contributed by atoms with E-state index in [2.05, 4.69) is 9.97 Å². The van der Waals surface area contributed by atoms with Crippen molar-refractivity contribution in [2.75, 3.05) is 25.1 Å². The van der Waals surface area contributed by atoms with E-state index >= 15 is 0 Å². The highest BCUT2D eigenvalue weighted by Gasteiger charge is 2.33. The molecular formula is C25H31F2N5O2. The molecule has 1 amide bonds. The van der Waals surface area contributed by atoms with Gasteiger partial charge in [-0.05, 0) is 38.5 Å². The molecule has 0 fully saturated rings. The van der Waals surface area contributed by atoms with E-state index in [0.717, 1.165) is 6.42 Å². The van der Waals surface area contributed by atoms with Crippen LogP contribution in [0.15, 0.2) is 48.9 Å². The molecule has 2 aromatic heterocycles. The third-order valence-electron chi connectivity index (χ3n) is 5.36. The van der Waals surface area contributed by atoms with Crippen molar-refractivity contribution < 1.29 is 18.3 Å². The number of hydrogen-bond donors (Lipinski definition) is 0. The van der Waals surface area contributed by atoms with E-state index in [-0.39, 0.29) is 29.8 Å². The van der Waals surface area contributed by atoms with Gasteiger partial charge in [-0.1, -0.05) is 13.0 Å². The second-order valence-electron chi connectivity index (χ2n) is 7.79. The fourth-order valence-electron chi connectivity index (χ4n) is 3.40. The van der Waals surface area contributed by atoms with E-state index in [9.17, 15) is 13.6 Å². The Morgan fingerprint density at radius 2 is 2.06 bits per heavy atom. The number of aromatic nitrogens is 2. The number of likely N-dealkylation sites (N-methyl/N-ethyl adjacent to an activating group) is 1. The van der Waals surface area contributed by atoms with Crippen molar-refractivity contribution in [3.05, 3.63) is 60.1 Å². The Labute approximate surface area is 199 Å². The number of carbonyl (C=O) groups is 1. The zero-order chi connectivity index (χ0) is 25.1. The van der Waals surface area contributed by atoms with Crippen molar-refractivity contribution in [3.63, 3.8) is 0 Å². The van der Waals surface area contributed by atoms with E-state index in [1.165, 1.54) is 31.6 Å². The summed E-state index contributed by atoms with van der Waals surface area (Å²) in [6.45, 7) is 6.49. The predicted octanol–water partition coefficient (Wildman–Crippen LogP) is 4.90. The van der Waals surface area contributed by atoms with Crippen LogP contribution in [0.5, 0.6) is 5.88 Å². The van der Waals surface area contributed by atoms with Crippen LogP contribution in [0.25, 0.3) is 0 Å². The van der Waals surface area contributed by atoms with Gasteiger partial charge >= 0.3 is 0 Å². The Morgan fingerprint density at radius 3 is 2.65 bits per heavy atom. The molecule has 0 saturated heterocycles. The summed E-state index contributed by atoms with van der Waals surface area (Å²) in [6, 6.07) is 7.72. The number of ether oxygens (including phenoxy) is 1. The summed E-state index contributed by atoms with van der Waals surface area (Å²) in [4.78, 5) is 24.5. The van der Waals surface area contributed by atoms with Crippen molar-refractivity contribution in [1.82, 2.24) is 14.9 Å². The Morgan fingerprint density at radius 1 is 1.29 bits per heavy atom. The highest BCUT2D eigenvalue weighted by Crippen LogP contribution is 2.34. The Kier molecular flexibility index (Phi) is 9.92. The Bertz CT molecular complexity index is 1010. The van der Waals surface area contributed by atoms with Crippen LogP contribution in [0.1, 0.15) is 51.2 Å². The number of alkyl halides is 2. The number of nitriles is 1. The molecule has 0 spiro atoms. The van der Waals surface area contributed by atoms with Gasteiger partial charge in [0.05, 0.1) is 12.7 Å². The number of allylic oxidation sites excluding steroid dienone is 1. The number of carbonyl (C=O) groups excluding carboxylic acids is 1. The zero-order valence-corrected chi connectivity index (χ0v) is 20.0. The van der Waals surface area contributed by atoms with Crippen molar-refractivity contribution in [2.45, 2.75) is 52.0 Å². The van der Waals surface area contributed by atoms with Crippen molar-refractivity contribution >= 4 is 11.7 Å². The number of halogens is 2. The van der Waals surface area contributed by atoms with Crippen LogP contribution in [-0.2, 0) is 10.7 Å². The van der Waals surface area contributed by atoms with E-state index in [4.69, 9.17) is 10.00 Å². The van der Waals surface area contributed by atoms with Crippen LogP contribution < -0.4 is 9.64 Å². The lowest BCUT2D eigenvalue weighted by Gasteiger charge is -2.32. The van der Waals surface area contributed by atoms with Crippen molar-refractivity contribution in [3.8, 4) is 11.9 Å². The topological polar surface area (TPSA) is 82.4 Å². The van der Waals surface area contributed by atoms with Crippen molar-refractivity contribution in [1.29, 1.82) is 5.26 Å². The molecule has 0 aliphatic carbocycles. The number of rotatable bonds is 12. The molecule has 0 aliphatic heterocycles. The van der Waals surface area contributed by atoms with Gasteiger partial charge in [0.2, 0.25) is 11.8 Å². The lowest BCUT2D eigenvalue weighted by Crippen LogP contribution is -2.43. The maximum Gasteiger partial charge on any atom is 0.274 e. The molecule has 182 valence electrons. The quantitative estimate of drug-likeness (QED) is 0.438. The first-order chi connectivity index (χ1) is 16.2. The lowest BCUT2D eigenvalue weighted by molar-refractivity contribution is -0.133. The minimum atomic E-state index is -3.18. The maximum absolute atomic E-state index is 14.7. The van der Waals surface area contributed by atoms with Gasteiger partial charge in [0.15, 0.2) is 0 Å². The van der Waals surface area contributed by atoms with Gasteiger partial charge in [0, 0.05) is 62.2 Å². The molecule has 0 radical (unpaired) electrons. The molecule has 0 N–H and O–H groups in total. The fraction of sp³-hybridized carbons (Fsp3) is 0.440. The molecule has 7 nitrogen and oxygen atoms in total. The average Bonchev–Trinajstić information content (AvgIpc) is 2.86. The maximum atomic E-state index is 14.7. The van der Waals surface area contributed by atoms with Crippen LogP contribution in [-0.4, -0.2) is 47.0 Å². The van der Waals surface area contributed by atoms with E-state index in [0.29, 0.717) is 24.5 Å². The second kappa shape index (κ2) is 12.6. The average molecular weight is 472 g/mol. The number of hydrogen-bond acceptors (Lipinski definition) is 6. The molecule has 0 saturated carbocycles. The first-order valence-electron chi connectivity index (χ1n) is 11.2. The van der Waals surface area contributed by atoms with Gasteiger partial charge < -0.3 is 14.5 Å². The van der Waals surface area contributed by atoms with E-state index < -0.39 is 12.3 Å². The predicted molar refractivity (Wildman–Crippen MR) is 126 cm³/mol. The molecule has 2 rings (SSSR count). The molecule has 1 atom stereocenters. The summed E-state index contributed by atoms with van der Waals surface area (Å²) in [5, 5.41) is 9.01. The lowest BCUT2D eigenvalue weighted by atomic mass is 10.0. The fourth-order valence-corrected chi connectivity index (χ4v) is 3.40. The normalized spacial score (nSPS) is 12.3. The molecule has 1 unspecified atom stereocenters. The van der Waals surface area contributed by atoms with Crippen LogP contribution in [0.3, 0.4) is 0 Å². The summed E-state index contributed by atoms with van der Waals surface area (Å²) in [7, 11) is 1.36. The number of methoxy groups -OCH3 is 1. The smallest absolute Gasteiger partial charge is 0.274 e.